The molecule has 4 heteroatoms. The van der Waals surface area contributed by atoms with Crippen molar-refractivity contribution in [3.8, 4) is 11.5 Å². The predicted molar refractivity (Wildman–Crippen MR) is 48.3 cm³/mol. The van der Waals surface area contributed by atoms with Crippen molar-refractivity contribution in [2.75, 3.05) is 13.2 Å². The Bertz CT molecular complexity index is 320. The van der Waals surface area contributed by atoms with Gasteiger partial charge in [0.15, 0.2) is 11.5 Å². The fourth-order valence-electron chi connectivity index (χ4n) is 1.29. The molecular formula is C9H10ClKO2. The minimum Gasteiger partial charge on any atom is -1.00 e. The van der Waals surface area contributed by atoms with E-state index in [9.17, 15) is 0 Å². The third kappa shape index (κ3) is 2.61. The molecule has 1 aromatic carbocycles. The fourth-order valence-corrected chi connectivity index (χ4v) is 1.55. The van der Waals surface area contributed by atoms with Crippen LogP contribution < -0.4 is 60.9 Å². The van der Waals surface area contributed by atoms with E-state index in [2.05, 4.69) is 0 Å². The van der Waals surface area contributed by atoms with Gasteiger partial charge in [-0.3, -0.25) is 0 Å². The van der Waals surface area contributed by atoms with Crippen LogP contribution in [0.4, 0.5) is 0 Å². The van der Waals surface area contributed by atoms with E-state index in [1.807, 2.05) is 13.0 Å². The zero-order valence-corrected chi connectivity index (χ0v) is 11.6. The molecule has 0 saturated carbocycles. The Morgan fingerprint density at radius 1 is 1.31 bits per heavy atom. The number of benzene rings is 1. The molecule has 1 heterocycles. The van der Waals surface area contributed by atoms with Gasteiger partial charge in [0.2, 0.25) is 0 Å². The van der Waals surface area contributed by atoms with Gasteiger partial charge in [-0.1, -0.05) is 11.6 Å². The zero-order valence-electron chi connectivity index (χ0n) is 8.76. The molecule has 0 spiro atoms. The van der Waals surface area contributed by atoms with Gasteiger partial charge in [-0.25, -0.2) is 0 Å². The van der Waals surface area contributed by atoms with Crippen molar-refractivity contribution in [2.45, 2.75) is 6.92 Å². The molecule has 1 aromatic rings. The largest absolute Gasteiger partial charge is 1.00 e. The molecule has 13 heavy (non-hydrogen) atoms. The van der Waals surface area contributed by atoms with E-state index in [1.54, 1.807) is 6.07 Å². The summed E-state index contributed by atoms with van der Waals surface area (Å²) in [5, 5.41) is 0.691. The van der Waals surface area contributed by atoms with Crippen LogP contribution >= 0.6 is 11.6 Å². The van der Waals surface area contributed by atoms with Gasteiger partial charge in [0.1, 0.15) is 13.2 Å². The SMILES string of the molecule is Cc1cc(Cl)cc2c1OCCO2.[H-].[K+]. The van der Waals surface area contributed by atoms with Crippen LogP contribution in [0.25, 0.3) is 0 Å². The normalized spacial score (nSPS) is 13.4. The smallest absolute Gasteiger partial charge is 1.00 e. The zero-order chi connectivity index (χ0) is 8.55. The number of aryl methyl sites for hydroxylation is 1. The molecule has 0 N–H and O–H groups in total. The summed E-state index contributed by atoms with van der Waals surface area (Å²) >= 11 is 5.85. The van der Waals surface area contributed by atoms with Crippen LogP contribution in [0.3, 0.4) is 0 Å². The Balaban J connectivity index is 0.000000845. The van der Waals surface area contributed by atoms with Crippen molar-refractivity contribution in [1.29, 1.82) is 0 Å². The Morgan fingerprint density at radius 2 is 2.00 bits per heavy atom. The Morgan fingerprint density at radius 3 is 2.77 bits per heavy atom. The average molecular weight is 225 g/mol. The Hall–Kier alpha value is 0.746. The van der Waals surface area contributed by atoms with Crippen LogP contribution in [-0.2, 0) is 0 Å². The Kier molecular flexibility index (Phi) is 4.55. The summed E-state index contributed by atoms with van der Waals surface area (Å²) in [7, 11) is 0. The first kappa shape index (κ1) is 11.8. The Labute approximate surface area is 126 Å². The number of ether oxygens (including phenoxy) is 2. The van der Waals surface area contributed by atoms with Crippen molar-refractivity contribution < 1.29 is 62.3 Å². The van der Waals surface area contributed by atoms with E-state index in [0.29, 0.717) is 18.2 Å². The van der Waals surface area contributed by atoms with E-state index >= 15 is 0 Å². The van der Waals surface area contributed by atoms with Crippen molar-refractivity contribution in [3.63, 3.8) is 0 Å². The summed E-state index contributed by atoms with van der Waals surface area (Å²) in [6.07, 6.45) is 0. The van der Waals surface area contributed by atoms with Crippen LogP contribution in [0.2, 0.25) is 5.02 Å². The summed E-state index contributed by atoms with van der Waals surface area (Å²) in [4.78, 5) is 0. The molecule has 0 aliphatic carbocycles. The van der Waals surface area contributed by atoms with Gasteiger partial charge < -0.3 is 10.9 Å². The number of hydrogen-bond acceptors (Lipinski definition) is 2. The molecule has 0 unspecified atom stereocenters. The van der Waals surface area contributed by atoms with Crippen molar-refractivity contribution in [2.24, 2.45) is 0 Å². The van der Waals surface area contributed by atoms with Crippen LogP contribution in [0.1, 0.15) is 6.99 Å². The number of fused-ring (bicyclic) bond motifs is 1. The molecule has 66 valence electrons. The predicted octanol–water partition coefficient (Wildman–Crippen LogP) is -0.464. The van der Waals surface area contributed by atoms with E-state index in [-0.39, 0.29) is 52.8 Å². The van der Waals surface area contributed by atoms with Crippen LogP contribution in [0.15, 0.2) is 12.1 Å². The summed E-state index contributed by atoms with van der Waals surface area (Å²) in [6.45, 7) is 3.18. The van der Waals surface area contributed by atoms with Gasteiger partial charge >= 0.3 is 51.4 Å². The number of hydrogen-bond donors (Lipinski definition) is 0. The van der Waals surface area contributed by atoms with Crippen LogP contribution in [-0.4, -0.2) is 13.2 Å². The molecule has 0 amide bonds. The quantitative estimate of drug-likeness (QED) is 0.556. The molecule has 1 aliphatic rings. The van der Waals surface area contributed by atoms with Crippen LogP contribution in [0.5, 0.6) is 11.5 Å². The van der Waals surface area contributed by atoms with E-state index in [0.717, 1.165) is 17.1 Å². The maximum Gasteiger partial charge on any atom is 1.00 e. The molecule has 0 fully saturated rings. The van der Waals surface area contributed by atoms with E-state index < -0.39 is 0 Å². The second-order valence-corrected chi connectivity index (χ2v) is 3.18. The van der Waals surface area contributed by atoms with Crippen molar-refractivity contribution in [3.05, 3.63) is 22.7 Å². The topological polar surface area (TPSA) is 18.5 Å². The second kappa shape index (κ2) is 5.00. The molecule has 2 nitrogen and oxygen atoms in total. The first-order valence-corrected chi connectivity index (χ1v) is 4.21. The molecule has 0 atom stereocenters. The molecule has 1 aliphatic heterocycles. The summed E-state index contributed by atoms with van der Waals surface area (Å²) in [5.74, 6) is 1.58. The van der Waals surface area contributed by atoms with Gasteiger partial charge in [-0.05, 0) is 18.6 Å². The number of rotatable bonds is 0. The molecule has 0 saturated heterocycles. The van der Waals surface area contributed by atoms with Gasteiger partial charge in [0.25, 0.3) is 0 Å². The third-order valence-corrected chi connectivity index (χ3v) is 2.01. The van der Waals surface area contributed by atoms with Gasteiger partial charge in [0, 0.05) is 11.1 Å². The van der Waals surface area contributed by atoms with Crippen molar-refractivity contribution >= 4 is 11.6 Å². The average Bonchev–Trinajstić information content (AvgIpc) is 2.04. The summed E-state index contributed by atoms with van der Waals surface area (Å²) in [5.41, 5.74) is 1.03. The van der Waals surface area contributed by atoms with Crippen LogP contribution in [0, 0.1) is 6.92 Å². The molecule has 0 bridgehead atoms. The summed E-state index contributed by atoms with van der Waals surface area (Å²) in [6, 6.07) is 3.65. The third-order valence-electron chi connectivity index (χ3n) is 1.79. The van der Waals surface area contributed by atoms with Gasteiger partial charge in [0.05, 0.1) is 0 Å². The fraction of sp³-hybridized carbons (Fsp3) is 0.333. The number of halogens is 1. The molecule has 0 aromatic heterocycles. The minimum absolute atomic E-state index is 0. The summed E-state index contributed by atoms with van der Waals surface area (Å²) < 4.78 is 10.8. The second-order valence-electron chi connectivity index (χ2n) is 2.75. The standard InChI is InChI=1S/C9H9ClO2.K.H/c1-6-4-7(10)5-8-9(6)12-3-2-11-8;;/h4-5H,2-3H2,1H3;;/q;+1;-1. The van der Waals surface area contributed by atoms with Gasteiger partial charge in [-0.15, -0.1) is 0 Å². The monoisotopic (exact) mass is 224 g/mol. The maximum absolute atomic E-state index is 5.85. The molecule has 2 rings (SSSR count). The van der Waals surface area contributed by atoms with E-state index in [4.69, 9.17) is 21.1 Å². The first-order chi connectivity index (χ1) is 5.77. The van der Waals surface area contributed by atoms with E-state index in [1.165, 1.54) is 0 Å². The minimum atomic E-state index is 0. The molecule has 0 radical (unpaired) electrons. The van der Waals surface area contributed by atoms with Crippen molar-refractivity contribution in [1.82, 2.24) is 0 Å². The maximum atomic E-state index is 5.85. The van der Waals surface area contributed by atoms with Gasteiger partial charge in [-0.2, -0.15) is 0 Å². The molecular weight excluding hydrogens is 215 g/mol. The first-order valence-electron chi connectivity index (χ1n) is 3.83.